The van der Waals surface area contributed by atoms with Crippen molar-refractivity contribution in [2.24, 2.45) is 0 Å². The summed E-state index contributed by atoms with van der Waals surface area (Å²) in [4.78, 5) is 13.9. The highest BCUT2D eigenvalue weighted by Gasteiger charge is 2.26. The fraction of sp³-hybridized carbons (Fsp3) is 0.389. The van der Waals surface area contributed by atoms with Gasteiger partial charge in [-0.3, -0.25) is 0 Å². The van der Waals surface area contributed by atoms with Crippen LogP contribution in [0.2, 0.25) is 0 Å². The minimum atomic E-state index is -0.304. The van der Waals surface area contributed by atoms with Gasteiger partial charge in [0.1, 0.15) is 12.7 Å². The molecule has 1 aromatic heterocycles. The van der Waals surface area contributed by atoms with E-state index < -0.39 is 0 Å². The van der Waals surface area contributed by atoms with Crippen LogP contribution in [0.1, 0.15) is 24.1 Å². The van der Waals surface area contributed by atoms with Crippen molar-refractivity contribution in [3.05, 3.63) is 53.7 Å². The molecule has 1 saturated heterocycles. The molecule has 1 atom stereocenters. The molecular formula is C18H21N3O3. The third kappa shape index (κ3) is 4.44. The van der Waals surface area contributed by atoms with Gasteiger partial charge in [0.25, 0.3) is 0 Å². The molecule has 0 bridgehead atoms. The number of aromatic nitrogens is 2. The average molecular weight is 327 g/mol. The zero-order valence-electron chi connectivity index (χ0n) is 13.7. The molecule has 0 aliphatic carbocycles. The largest absolute Gasteiger partial charge is 0.471 e. The second kappa shape index (κ2) is 7.77. The van der Waals surface area contributed by atoms with Gasteiger partial charge in [-0.25, -0.2) is 4.79 Å². The zero-order valence-corrected chi connectivity index (χ0v) is 13.7. The molecule has 0 saturated carbocycles. The van der Waals surface area contributed by atoms with E-state index in [0.29, 0.717) is 19.0 Å². The highest BCUT2D eigenvalue weighted by atomic mass is 16.6. The summed E-state index contributed by atoms with van der Waals surface area (Å²) in [5.74, 6) is 0.491. The summed E-state index contributed by atoms with van der Waals surface area (Å²) in [6.45, 7) is 3.35. The first kappa shape index (κ1) is 16.2. The predicted octanol–water partition coefficient (Wildman–Crippen LogP) is 2.97. The van der Waals surface area contributed by atoms with Crippen LogP contribution in [0, 0.1) is 6.92 Å². The normalized spacial score (nSPS) is 17.4. The number of nitrogens with zero attached hydrogens (tertiary/aromatic N) is 3. The molecule has 6 heteroatoms. The summed E-state index contributed by atoms with van der Waals surface area (Å²) in [6.07, 6.45) is 1.38. The van der Waals surface area contributed by atoms with E-state index in [9.17, 15) is 4.79 Å². The number of ether oxygens (including phenoxy) is 2. The van der Waals surface area contributed by atoms with Gasteiger partial charge < -0.3 is 14.4 Å². The van der Waals surface area contributed by atoms with E-state index in [0.717, 1.165) is 24.1 Å². The minimum Gasteiger partial charge on any atom is -0.471 e. The third-order valence-corrected chi connectivity index (χ3v) is 3.90. The molecule has 1 fully saturated rings. The number of likely N-dealkylation sites (tertiary alicyclic amines) is 1. The highest BCUT2D eigenvalue weighted by molar-refractivity contribution is 5.67. The molecule has 0 spiro atoms. The molecule has 1 aliphatic rings. The van der Waals surface area contributed by atoms with Crippen molar-refractivity contribution in [3.63, 3.8) is 0 Å². The molecule has 1 unspecified atom stereocenters. The lowest BCUT2D eigenvalue weighted by Gasteiger charge is -2.31. The molecule has 1 amide bonds. The first-order chi connectivity index (χ1) is 11.7. The molecule has 1 aliphatic heterocycles. The summed E-state index contributed by atoms with van der Waals surface area (Å²) in [6, 6.07) is 13.3. The Morgan fingerprint density at radius 3 is 2.79 bits per heavy atom. The number of aryl methyl sites for hydroxylation is 1. The molecule has 6 nitrogen and oxygen atoms in total. The fourth-order valence-electron chi connectivity index (χ4n) is 2.63. The number of amides is 1. The lowest BCUT2D eigenvalue weighted by atomic mass is 10.1. The minimum absolute atomic E-state index is 0.0833. The topological polar surface area (TPSA) is 64.5 Å². The van der Waals surface area contributed by atoms with Gasteiger partial charge in [0.2, 0.25) is 5.88 Å². The van der Waals surface area contributed by atoms with Crippen molar-refractivity contribution < 1.29 is 14.3 Å². The standard InChI is InChI=1S/C18H21N3O3/c1-14-9-10-17(20-19-14)24-16-8-5-11-21(12-16)18(22)23-13-15-6-3-2-4-7-15/h2-4,6-7,9-10,16H,5,8,11-13H2,1H3. The van der Waals surface area contributed by atoms with E-state index in [4.69, 9.17) is 9.47 Å². The number of carbonyl (C=O) groups is 1. The Kier molecular flexibility index (Phi) is 5.25. The van der Waals surface area contributed by atoms with Crippen LogP contribution < -0.4 is 4.74 Å². The quantitative estimate of drug-likeness (QED) is 0.864. The zero-order chi connectivity index (χ0) is 16.8. The van der Waals surface area contributed by atoms with Gasteiger partial charge in [-0.2, -0.15) is 5.10 Å². The lowest BCUT2D eigenvalue weighted by molar-refractivity contribution is 0.0533. The van der Waals surface area contributed by atoms with Crippen molar-refractivity contribution in [3.8, 4) is 5.88 Å². The van der Waals surface area contributed by atoms with Gasteiger partial charge in [-0.1, -0.05) is 30.3 Å². The van der Waals surface area contributed by atoms with E-state index in [1.165, 1.54) is 0 Å². The number of carbonyl (C=O) groups excluding carboxylic acids is 1. The van der Waals surface area contributed by atoms with Crippen LogP contribution in [0.15, 0.2) is 42.5 Å². The Morgan fingerprint density at radius 1 is 1.21 bits per heavy atom. The van der Waals surface area contributed by atoms with Crippen molar-refractivity contribution in [1.29, 1.82) is 0 Å². The van der Waals surface area contributed by atoms with Gasteiger partial charge in [-0.05, 0) is 31.4 Å². The Bertz CT molecular complexity index is 661. The maximum atomic E-state index is 12.2. The van der Waals surface area contributed by atoms with Crippen LogP contribution in [0.5, 0.6) is 5.88 Å². The number of hydrogen-bond acceptors (Lipinski definition) is 5. The van der Waals surface area contributed by atoms with Crippen LogP contribution >= 0.6 is 0 Å². The van der Waals surface area contributed by atoms with E-state index >= 15 is 0 Å². The summed E-state index contributed by atoms with van der Waals surface area (Å²) >= 11 is 0. The van der Waals surface area contributed by atoms with Gasteiger partial charge >= 0.3 is 6.09 Å². The predicted molar refractivity (Wildman–Crippen MR) is 88.6 cm³/mol. The summed E-state index contributed by atoms with van der Waals surface area (Å²) in [5.41, 5.74) is 1.82. The van der Waals surface area contributed by atoms with E-state index in [-0.39, 0.29) is 18.8 Å². The molecule has 1 aromatic carbocycles. The molecule has 0 N–H and O–H groups in total. The Labute approximate surface area is 141 Å². The smallest absolute Gasteiger partial charge is 0.410 e. The van der Waals surface area contributed by atoms with E-state index in [1.807, 2.05) is 43.3 Å². The van der Waals surface area contributed by atoms with Crippen molar-refractivity contribution >= 4 is 6.09 Å². The molecule has 24 heavy (non-hydrogen) atoms. The van der Waals surface area contributed by atoms with Crippen molar-refractivity contribution in [1.82, 2.24) is 15.1 Å². The van der Waals surface area contributed by atoms with Crippen LogP contribution in [0.3, 0.4) is 0 Å². The van der Waals surface area contributed by atoms with Crippen LogP contribution in [0.4, 0.5) is 4.79 Å². The molecule has 2 heterocycles. The van der Waals surface area contributed by atoms with Crippen molar-refractivity contribution in [2.45, 2.75) is 32.5 Å². The second-order valence-corrected chi connectivity index (χ2v) is 5.88. The highest BCUT2D eigenvalue weighted by Crippen LogP contribution is 2.17. The molecule has 3 rings (SSSR count). The average Bonchev–Trinajstić information content (AvgIpc) is 2.63. The molecule has 2 aromatic rings. The lowest BCUT2D eigenvalue weighted by Crippen LogP contribution is -2.44. The van der Waals surface area contributed by atoms with Crippen molar-refractivity contribution in [2.75, 3.05) is 13.1 Å². The number of benzene rings is 1. The maximum absolute atomic E-state index is 12.2. The van der Waals surface area contributed by atoms with Crippen LogP contribution in [-0.2, 0) is 11.3 Å². The SMILES string of the molecule is Cc1ccc(OC2CCCN(C(=O)OCc3ccccc3)C2)nn1. The first-order valence-electron chi connectivity index (χ1n) is 8.13. The van der Waals surface area contributed by atoms with Crippen LogP contribution in [0.25, 0.3) is 0 Å². The molecular weight excluding hydrogens is 306 g/mol. The molecule has 0 radical (unpaired) electrons. The van der Waals surface area contributed by atoms with Gasteiger partial charge in [0, 0.05) is 12.6 Å². The number of rotatable bonds is 4. The number of hydrogen-bond donors (Lipinski definition) is 0. The summed E-state index contributed by atoms with van der Waals surface area (Å²) < 4.78 is 11.2. The maximum Gasteiger partial charge on any atom is 0.410 e. The Balaban J connectivity index is 1.51. The van der Waals surface area contributed by atoms with Gasteiger partial charge in [0.15, 0.2) is 0 Å². The summed E-state index contributed by atoms with van der Waals surface area (Å²) in [7, 11) is 0. The van der Waals surface area contributed by atoms with Crippen LogP contribution in [-0.4, -0.2) is 40.4 Å². The van der Waals surface area contributed by atoms with Gasteiger partial charge in [0.05, 0.1) is 12.2 Å². The number of piperidine rings is 1. The molecule has 126 valence electrons. The summed E-state index contributed by atoms with van der Waals surface area (Å²) in [5, 5.41) is 7.99. The fourth-order valence-corrected chi connectivity index (χ4v) is 2.63. The second-order valence-electron chi connectivity index (χ2n) is 5.88. The third-order valence-electron chi connectivity index (χ3n) is 3.90. The Hall–Kier alpha value is -2.63. The van der Waals surface area contributed by atoms with E-state index in [1.54, 1.807) is 11.0 Å². The van der Waals surface area contributed by atoms with Gasteiger partial charge in [-0.15, -0.1) is 5.10 Å². The first-order valence-corrected chi connectivity index (χ1v) is 8.13. The van der Waals surface area contributed by atoms with E-state index in [2.05, 4.69) is 10.2 Å². The Morgan fingerprint density at radius 2 is 2.04 bits per heavy atom. The monoisotopic (exact) mass is 327 g/mol.